The van der Waals surface area contributed by atoms with Crippen LogP contribution in [-0.2, 0) is 4.74 Å². The Morgan fingerprint density at radius 3 is 2.93 bits per heavy atom. The molecule has 0 aliphatic carbocycles. The first-order valence-electron chi connectivity index (χ1n) is 4.69. The standard InChI is InChI=1S/C12H13IO2/c1-3-4-7-15-12(14)10-5-6-11(13)9(2)8-10/h3,5-6,8H,1,4,7H2,2H3. The van der Waals surface area contributed by atoms with E-state index in [0.717, 1.165) is 9.13 Å². The van der Waals surface area contributed by atoms with Crippen molar-refractivity contribution in [3.63, 3.8) is 0 Å². The van der Waals surface area contributed by atoms with E-state index in [2.05, 4.69) is 29.2 Å². The van der Waals surface area contributed by atoms with Gasteiger partial charge in [0.05, 0.1) is 12.2 Å². The molecule has 0 amide bonds. The normalized spacial score (nSPS) is 9.73. The maximum atomic E-state index is 11.5. The molecule has 2 nitrogen and oxygen atoms in total. The average molecular weight is 316 g/mol. The Labute approximate surface area is 103 Å². The molecule has 0 aliphatic heterocycles. The summed E-state index contributed by atoms with van der Waals surface area (Å²) in [5, 5.41) is 0. The van der Waals surface area contributed by atoms with E-state index in [-0.39, 0.29) is 5.97 Å². The third-order valence-electron chi connectivity index (χ3n) is 1.95. The second kappa shape index (κ2) is 5.90. The quantitative estimate of drug-likeness (QED) is 0.369. The molecule has 1 aromatic rings. The summed E-state index contributed by atoms with van der Waals surface area (Å²) in [6.07, 6.45) is 2.42. The summed E-state index contributed by atoms with van der Waals surface area (Å²) < 4.78 is 6.20. The van der Waals surface area contributed by atoms with Crippen LogP contribution in [0.25, 0.3) is 0 Å². The molecule has 0 radical (unpaired) electrons. The van der Waals surface area contributed by atoms with E-state index in [0.29, 0.717) is 18.6 Å². The van der Waals surface area contributed by atoms with Gasteiger partial charge in [-0.3, -0.25) is 0 Å². The van der Waals surface area contributed by atoms with Gasteiger partial charge in [0, 0.05) is 3.57 Å². The Kier molecular flexibility index (Phi) is 4.81. The number of carbonyl (C=O) groups is 1. The highest BCUT2D eigenvalue weighted by Crippen LogP contribution is 2.13. The van der Waals surface area contributed by atoms with Crippen molar-refractivity contribution in [3.8, 4) is 0 Å². The minimum atomic E-state index is -0.267. The van der Waals surface area contributed by atoms with Gasteiger partial charge in [-0.1, -0.05) is 6.08 Å². The molecule has 0 unspecified atom stereocenters. The number of esters is 1. The molecule has 1 aromatic carbocycles. The molecule has 0 saturated carbocycles. The topological polar surface area (TPSA) is 26.3 Å². The van der Waals surface area contributed by atoms with Crippen molar-refractivity contribution >= 4 is 28.6 Å². The number of ether oxygens (including phenoxy) is 1. The number of aryl methyl sites for hydroxylation is 1. The second-order valence-electron chi connectivity index (χ2n) is 3.18. The third kappa shape index (κ3) is 3.66. The van der Waals surface area contributed by atoms with E-state index in [1.165, 1.54) is 0 Å². The highest BCUT2D eigenvalue weighted by Gasteiger charge is 2.07. The molecule has 0 fully saturated rings. The summed E-state index contributed by atoms with van der Waals surface area (Å²) in [5.74, 6) is -0.267. The van der Waals surface area contributed by atoms with E-state index in [9.17, 15) is 4.79 Å². The van der Waals surface area contributed by atoms with Gasteiger partial charge in [-0.25, -0.2) is 4.79 Å². The highest BCUT2D eigenvalue weighted by atomic mass is 127. The van der Waals surface area contributed by atoms with Crippen LogP contribution in [0.3, 0.4) is 0 Å². The van der Waals surface area contributed by atoms with Crippen molar-refractivity contribution in [2.45, 2.75) is 13.3 Å². The lowest BCUT2D eigenvalue weighted by Gasteiger charge is -2.04. The van der Waals surface area contributed by atoms with Crippen molar-refractivity contribution < 1.29 is 9.53 Å². The van der Waals surface area contributed by atoms with E-state index >= 15 is 0 Å². The van der Waals surface area contributed by atoms with Crippen molar-refractivity contribution in [2.24, 2.45) is 0 Å². The first-order valence-corrected chi connectivity index (χ1v) is 5.77. The first-order chi connectivity index (χ1) is 7.15. The SMILES string of the molecule is C=CCCOC(=O)c1ccc(I)c(C)c1. The fourth-order valence-corrected chi connectivity index (χ4v) is 1.43. The molecule has 0 bridgehead atoms. The molecule has 15 heavy (non-hydrogen) atoms. The smallest absolute Gasteiger partial charge is 0.338 e. The molecular weight excluding hydrogens is 303 g/mol. The number of hydrogen-bond acceptors (Lipinski definition) is 2. The number of halogens is 1. The fourth-order valence-electron chi connectivity index (χ4n) is 1.09. The van der Waals surface area contributed by atoms with E-state index < -0.39 is 0 Å². The van der Waals surface area contributed by atoms with Crippen molar-refractivity contribution in [1.82, 2.24) is 0 Å². The van der Waals surface area contributed by atoms with Gasteiger partial charge in [-0.2, -0.15) is 0 Å². The summed E-state index contributed by atoms with van der Waals surface area (Å²) in [6.45, 7) is 5.93. The van der Waals surface area contributed by atoms with Crippen LogP contribution in [0.4, 0.5) is 0 Å². The lowest BCUT2D eigenvalue weighted by Crippen LogP contribution is -2.06. The highest BCUT2D eigenvalue weighted by molar-refractivity contribution is 14.1. The number of benzene rings is 1. The van der Waals surface area contributed by atoms with Gasteiger partial charge in [0.2, 0.25) is 0 Å². The number of rotatable bonds is 4. The predicted molar refractivity (Wildman–Crippen MR) is 69.0 cm³/mol. The first kappa shape index (κ1) is 12.2. The Balaban J connectivity index is 2.65. The molecule has 3 heteroatoms. The maximum Gasteiger partial charge on any atom is 0.338 e. The molecular formula is C12H13IO2. The van der Waals surface area contributed by atoms with Crippen LogP contribution in [0.15, 0.2) is 30.9 Å². The minimum absolute atomic E-state index is 0.267. The molecule has 0 aliphatic rings. The molecule has 0 saturated heterocycles. The van der Waals surface area contributed by atoms with Crippen LogP contribution in [0.1, 0.15) is 22.3 Å². The van der Waals surface area contributed by atoms with Gasteiger partial charge in [0.1, 0.15) is 0 Å². The van der Waals surface area contributed by atoms with E-state index in [1.807, 2.05) is 19.1 Å². The van der Waals surface area contributed by atoms with Crippen molar-refractivity contribution in [1.29, 1.82) is 0 Å². The van der Waals surface area contributed by atoms with E-state index in [1.54, 1.807) is 12.1 Å². The van der Waals surface area contributed by atoms with Crippen molar-refractivity contribution in [2.75, 3.05) is 6.61 Å². The van der Waals surface area contributed by atoms with Crippen molar-refractivity contribution in [3.05, 3.63) is 45.6 Å². The Bertz CT molecular complexity index is 372. The summed E-state index contributed by atoms with van der Waals surface area (Å²) in [5.41, 5.74) is 1.70. The lowest BCUT2D eigenvalue weighted by atomic mass is 10.1. The minimum Gasteiger partial charge on any atom is -0.462 e. The molecule has 80 valence electrons. The van der Waals surface area contributed by atoms with Crippen LogP contribution in [0.5, 0.6) is 0 Å². The van der Waals surface area contributed by atoms with Gasteiger partial charge in [-0.05, 0) is 59.7 Å². The summed E-state index contributed by atoms with van der Waals surface area (Å²) in [6, 6.07) is 5.54. The summed E-state index contributed by atoms with van der Waals surface area (Å²) in [7, 11) is 0. The summed E-state index contributed by atoms with van der Waals surface area (Å²) >= 11 is 2.23. The third-order valence-corrected chi connectivity index (χ3v) is 3.16. The monoisotopic (exact) mass is 316 g/mol. The molecule has 1 rings (SSSR count). The zero-order chi connectivity index (χ0) is 11.3. The van der Waals surface area contributed by atoms with Crippen LogP contribution < -0.4 is 0 Å². The van der Waals surface area contributed by atoms with Crippen LogP contribution in [0.2, 0.25) is 0 Å². The van der Waals surface area contributed by atoms with E-state index in [4.69, 9.17) is 4.74 Å². The van der Waals surface area contributed by atoms with Gasteiger partial charge in [0.25, 0.3) is 0 Å². The van der Waals surface area contributed by atoms with Gasteiger partial charge < -0.3 is 4.74 Å². The number of hydrogen-bond donors (Lipinski definition) is 0. The summed E-state index contributed by atoms with van der Waals surface area (Å²) in [4.78, 5) is 11.5. The predicted octanol–water partition coefficient (Wildman–Crippen LogP) is 3.33. The molecule has 0 N–H and O–H groups in total. The largest absolute Gasteiger partial charge is 0.462 e. The van der Waals surface area contributed by atoms with Crippen LogP contribution >= 0.6 is 22.6 Å². The fraction of sp³-hybridized carbons (Fsp3) is 0.250. The van der Waals surface area contributed by atoms with Gasteiger partial charge >= 0.3 is 5.97 Å². The molecule has 0 aromatic heterocycles. The lowest BCUT2D eigenvalue weighted by molar-refractivity contribution is 0.0511. The Hall–Kier alpha value is -0.840. The maximum absolute atomic E-state index is 11.5. The molecule has 0 atom stereocenters. The number of carbonyl (C=O) groups excluding carboxylic acids is 1. The zero-order valence-corrected chi connectivity index (χ0v) is 10.8. The van der Waals surface area contributed by atoms with Crippen LogP contribution in [0, 0.1) is 10.5 Å². The van der Waals surface area contributed by atoms with Gasteiger partial charge in [-0.15, -0.1) is 6.58 Å². The van der Waals surface area contributed by atoms with Gasteiger partial charge in [0.15, 0.2) is 0 Å². The Morgan fingerprint density at radius 1 is 1.60 bits per heavy atom. The Morgan fingerprint density at radius 2 is 2.33 bits per heavy atom. The molecule has 0 spiro atoms. The average Bonchev–Trinajstić information content (AvgIpc) is 2.22. The van der Waals surface area contributed by atoms with Crippen LogP contribution in [-0.4, -0.2) is 12.6 Å². The second-order valence-corrected chi connectivity index (χ2v) is 4.34. The molecule has 0 heterocycles. The zero-order valence-electron chi connectivity index (χ0n) is 8.63.